The number of aryl methyl sites for hydroxylation is 1. The number of aromatic amines is 1. The zero-order valence-electron chi connectivity index (χ0n) is 14.2. The van der Waals surface area contributed by atoms with Crippen molar-refractivity contribution < 1.29 is 13.9 Å². The van der Waals surface area contributed by atoms with Crippen LogP contribution < -0.4 is 0 Å². The Labute approximate surface area is 140 Å². The molecule has 2 heterocycles. The largest absolute Gasteiger partial charge is 0.367 e. The molecule has 5 nitrogen and oxygen atoms in total. The van der Waals surface area contributed by atoms with Gasteiger partial charge in [-0.05, 0) is 38.5 Å². The number of H-pyrrole nitrogens is 1. The Morgan fingerprint density at radius 2 is 2.08 bits per heavy atom. The van der Waals surface area contributed by atoms with Gasteiger partial charge in [0, 0.05) is 18.4 Å². The standard InChI is InChI=1S/C18H22FN3O2/c1-12-10-20-16(21-12)15-11-22(8-9-24-15)17(23)18(2,3)13-4-6-14(19)7-5-13/h4-7,10,15H,8-9,11H2,1-3H3,(H,20,21)/t15-/m1/s1. The smallest absolute Gasteiger partial charge is 0.232 e. The summed E-state index contributed by atoms with van der Waals surface area (Å²) < 4.78 is 18.9. The minimum absolute atomic E-state index is 0.00527. The Balaban J connectivity index is 1.77. The van der Waals surface area contributed by atoms with Crippen LogP contribution in [0.5, 0.6) is 0 Å². The third-order valence-corrected chi connectivity index (χ3v) is 4.48. The zero-order valence-corrected chi connectivity index (χ0v) is 14.2. The fraction of sp³-hybridized carbons (Fsp3) is 0.444. The van der Waals surface area contributed by atoms with Crippen molar-refractivity contribution in [3.63, 3.8) is 0 Å². The van der Waals surface area contributed by atoms with Gasteiger partial charge >= 0.3 is 0 Å². The van der Waals surface area contributed by atoms with Crippen LogP contribution >= 0.6 is 0 Å². The van der Waals surface area contributed by atoms with Crippen LogP contribution in [0.3, 0.4) is 0 Å². The van der Waals surface area contributed by atoms with Crippen molar-refractivity contribution in [1.82, 2.24) is 14.9 Å². The molecule has 3 rings (SSSR count). The second-order valence-corrected chi connectivity index (χ2v) is 6.69. The van der Waals surface area contributed by atoms with Gasteiger partial charge in [-0.25, -0.2) is 9.37 Å². The van der Waals surface area contributed by atoms with Gasteiger partial charge in [0.05, 0.1) is 18.6 Å². The summed E-state index contributed by atoms with van der Waals surface area (Å²) in [5.41, 5.74) is 1.03. The number of benzene rings is 1. The van der Waals surface area contributed by atoms with Gasteiger partial charge in [0.1, 0.15) is 17.7 Å². The van der Waals surface area contributed by atoms with Crippen LogP contribution in [0.2, 0.25) is 0 Å². The fourth-order valence-electron chi connectivity index (χ4n) is 2.98. The summed E-state index contributed by atoms with van der Waals surface area (Å²) in [6.45, 7) is 7.12. The highest BCUT2D eigenvalue weighted by molar-refractivity contribution is 5.87. The maximum Gasteiger partial charge on any atom is 0.232 e. The number of morpholine rings is 1. The van der Waals surface area contributed by atoms with E-state index in [0.29, 0.717) is 19.7 Å². The molecule has 1 aliphatic rings. The number of halogens is 1. The summed E-state index contributed by atoms with van der Waals surface area (Å²) in [5, 5.41) is 0. The average molecular weight is 331 g/mol. The highest BCUT2D eigenvalue weighted by atomic mass is 19.1. The van der Waals surface area contributed by atoms with Crippen LogP contribution in [-0.2, 0) is 14.9 Å². The topological polar surface area (TPSA) is 58.2 Å². The summed E-state index contributed by atoms with van der Waals surface area (Å²) in [7, 11) is 0. The molecule has 1 N–H and O–H groups in total. The van der Waals surface area contributed by atoms with Gasteiger partial charge < -0.3 is 14.6 Å². The van der Waals surface area contributed by atoms with Crippen molar-refractivity contribution in [3.05, 3.63) is 53.4 Å². The van der Waals surface area contributed by atoms with E-state index in [1.165, 1.54) is 12.1 Å². The van der Waals surface area contributed by atoms with Crippen molar-refractivity contribution in [2.24, 2.45) is 0 Å². The molecule has 1 fully saturated rings. The summed E-state index contributed by atoms with van der Waals surface area (Å²) >= 11 is 0. The van der Waals surface area contributed by atoms with Crippen LogP contribution in [0.25, 0.3) is 0 Å². The highest BCUT2D eigenvalue weighted by Crippen LogP contribution is 2.29. The lowest BCUT2D eigenvalue weighted by Crippen LogP contribution is -2.49. The van der Waals surface area contributed by atoms with Gasteiger partial charge in [-0.15, -0.1) is 0 Å². The molecule has 1 amide bonds. The second kappa shape index (κ2) is 6.36. The average Bonchev–Trinajstić information content (AvgIpc) is 3.01. The van der Waals surface area contributed by atoms with Gasteiger partial charge in [0.25, 0.3) is 0 Å². The van der Waals surface area contributed by atoms with Crippen molar-refractivity contribution in [2.45, 2.75) is 32.3 Å². The molecule has 0 saturated carbocycles. The van der Waals surface area contributed by atoms with Gasteiger partial charge in [0.15, 0.2) is 0 Å². The van der Waals surface area contributed by atoms with E-state index in [2.05, 4.69) is 9.97 Å². The summed E-state index contributed by atoms with van der Waals surface area (Å²) in [6, 6.07) is 6.11. The molecule has 0 spiro atoms. The number of hydrogen-bond acceptors (Lipinski definition) is 3. The van der Waals surface area contributed by atoms with Crippen molar-refractivity contribution in [3.8, 4) is 0 Å². The van der Waals surface area contributed by atoms with E-state index >= 15 is 0 Å². The SMILES string of the molecule is Cc1cnc([C@H]2CN(C(=O)C(C)(C)c3ccc(F)cc3)CCO2)[nH]1. The lowest BCUT2D eigenvalue weighted by Gasteiger charge is -2.37. The molecule has 1 saturated heterocycles. The molecule has 2 aromatic rings. The second-order valence-electron chi connectivity index (χ2n) is 6.69. The number of nitrogens with zero attached hydrogens (tertiary/aromatic N) is 2. The molecule has 6 heteroatoms. The molecular formula is C18H22FN3O2. The number of hydrogen-bond donors (Lipinski definition) is 1. The van der Waals surface area contributed by atoms with Crippen LogP contribution in [0, 0.1) is 12.7 Å². The lowest BCUT2D eigenvalue weighted by molar-refractivity contribution is -0.144. The molecule has 0 aliphatic carbocycles. The molecule has 24 heavy (non-hydrogen) atoms. The van der Waals surface area contributed by atoms with Gasteiger partial charge in [-0.2, -0.15) is 0 Å². The molecule has 0 bridgehead atoms. The predicted molar refractivity (Wildman–Crippen MR) is 88.0 cm³/mol. The minimum atomic E-state index is -0.728. The zero-order chi connectivity index (χ0) is 17.3. The summed E-state index contributed by atoms with van der Waals surface area (Å²) in [6.07, 6.45) is 1.50. The first kappa shape index (κ1) is 16.6. The Bertz CT molecular complexity index is 724. The molecule has 0 radical (unpaired) electrons. The number of nitrogens with one attached hydrogen (secondary N) is 1. The normalized spacial score (nSPS) is 18.7. The minimum Gasteiger partial charge on any atom is -0.367 e. The predicted octanol–water partition coefficient (Wildman–Crippen LogP) is 2.73. The summed E-state index contributed by atoms with van der Waals surface area (Å²) in [4.78, 5) is 22.3. The molecule has 1 aromatic heterocycles. The molecule has 0 unspecified atom stereocenters. The number of amides is 1. The van der Waals surface area contributed by atoms with E-state index < -0.39 is 5.41 Å². The van der Waals surface area contributed by atoms with E-state index in [-0.39, 0.29) is 17.8 Å². The van der Waals surface area contributed by atoms with E-state index in [9.17, 15) is 9.18 Å². The molecule has 1 atom stereocenters. The Morgan fingerprint density at radius 1 is 1.38 bits per heavy atom. The third kappa shape index (κ3) is 3.19. The number of imidazole rings is 1. The molecule has 128 valence electrons. The Kier molecular flexibility index (Phi) is 4.41. The van der Waals surface area contributed by atoms with E-state index in [1.807, 2.05) is 20.8 Å². The number of carbonyl (C=O) groups excluding carboxylic acids is 1. The monoisotopic (exact) mass is 331 g/mol. The number of ether oxygens (including phenoxy) is 1. The van der Waals surface area contributed by atoms with Gasteiger partial charge in [0.2, 0.25) is 5.91 Å². The van der Waals surface area contributed by atoms with E-state index in [4.69, 9.17) is 4.74 Å². The fourth-order valence-corrected chi connectivity index (χ4v) is 2.98. The van der Waals surface area contributed by atoms with Crippen LogP contribution in [0.15, 0.2) is 30.5 Å². The molecule has 1 aliphatic heterocycles. The third-order valence-electron chi connectivity index (χ3n) is 4.48. The van der Waals surface area contributed by atoms with E-state index in [0.717, 1.165) is 17.1 Å². The first-order chi connectivity index (χ1) is 11.4. The van der Waals surface area contributed by atoms with Crippen molar-refractivity contribution >= 4 is 5.91 Å². The van der Waals surface area contributed by atoms with Crippen LogP contribution in [0.4, 0.5) is 4.39 Å². The molecular weight excluding hydrogens is 309 g/mol. The molecule has 1 aromatic carbocycles. The maximum atomic E-state index is 13.1. The van der Waals surface area contributed by atoms with Crippen LogP contribution in [-0.4, -0.2) is 40.5 Å². The number of aromatic nitrogens is 2. The van der Waals surface area contributed by atoms with Crippen molar-refractivity contribution in [1.29, 1.82) is 0 Å². The first-order valence-corrected chi connectivity index (χ1v) is 8.06. The van der Waals surface area contributed by atoms with Crippen LogP contribution in [0.1, 0.15) is 37.0 Å². The summed E-state index contributed by atoms with van der Waals surface area (Å²) in [5.74, 6) is 0.442. The number of carbonyl (C=O) groups is 1. The van der Waals surface area contributed by atoms with Gasteiger partial charge in [-0.3, -0.25) is 4.79 Å². The maximum absolute atomic E-state index is 13.1. The Hall–Kier alpha value is -2.21. The van der Waals surface area contributed by atoms with Gasteiger partial charge in [-0.1, -0.05) is 12.1 Å². The first-order valence-electron chi connectivity index (χ1n) is 8.06. The van der Waals surface area contributed by atoms with Crippen molar-refractivity contribution in [2.75, 3.05) is 19.7 Å². The number of rotatable bonds is 3. The lowest BCUT2D eigenvalue weighted by atomic mass is 9.83. The highest BCUT2D eigenvalue weighted by Gasteiger charge is 2.37. The quantitative estimate of drug-likeness (QED) is 0.941. The van der Waals surface area contributed by atoms with E-state index in [1.54, 1.807) is 23.2 Å². The Morgan fingerprint density at radius 3 is 2.71 bits per heavy atom.